The van der Waals surface area contributed by atoms with E-state index in [4.69, 9.17) is 17.3 Å². The molecule has 8 nitrogen and oxygen atoms in total. The van der Waals surface area contributed by atoms with E-state index >= 15 is 0 Å². The average molecular weight is 441 g/mol. The molecule has 0 radical (unpaired) electrons. The highest BCUT2D eigenvalue weighted by Gasteiger charge is 2.44. The summed E-state index contributed by atoms with van der Waals surface area (Å²) < 4.78 is 0. The molecule has 2 aromatic carbocycles. The Kier molecular flexibility index (Phi) is 7.69. The normalized spacial score (nSPS) is 15.8. The van der Waals surface area contributed by atoms with Crippen LogP contribution in [0.5, 0.6) is 0 Å². The number of hydrogen-bond acceptors (Lipinski definition) is 5. The molecular weight excluding hydrogens is 416 g/mol. The Bertz CT molecular complexity index is 939. The number of benzene rings is 2. The summed E-state index contributed by atoms with van der Waals surface area (Å²) in [7, 11) is 0. The van der Waals surface area contributed by atoms with Crippen LogP contribution < -0.4 is 10.7 Å². The van der Waals surface area contributed by atoms with Gasteiger partial charge in [0.1, 0.15) is 6.04 Å². The number of hydrogen-bond donors (Lipinski definition) is 3. The summed E-state index contributed by atoms with van der Waals surface area (Å²) in [5, 5.41) is 13.1. The van der Waals surface area contributed by atoms with E-state index in [9.17, 15) is 14.4 Å². The molecule has 31 heavy (non-hydrogen) atoms. The summed E-state index contributed by atoms with van der Waals surface area (Å²) in [4.78, 5) is 39.4. The lowest BCUT2D eigenvalue weighted by Gasteiger charge is -2.24. The zero-order valence-electron chi connectivity index (χ0n) is 16.9. The van der Waals surface area contributed by atoms with Gasteiger partial charge in [0.15, 0.2) is 5.11 Å². The van der Waals surface area contributed by atoms with Crippen molar-refractivity contribution < 1.29 is 19.5 Å². The first-order valence-electron chi connectivity index (χ1n) is 9.93. The fraction of sp³-hybridized carbons (Fsp3) is 0.273. The minimum atomic E-state index is -0.960. The van der Waals surface area contributed by atoms with E-state index in [1.807, 2.05) is 36.4 Å². The Morgan fingerprint density at radius 2 is 1.65 bits per heavy atom. The third-order valence-corrected chi connectivity index (χ3v) is 5.14. The van der Waals surface area contributed by atoms with Gasteiger partial charge in [0.05, 0.1) is 13.0 Å². The Labute approximate surface area is 185 Å². The highest BCUT2D eigenvalue weighted by Crippen LogP contribution is 2.22. The summed E-state index contributed by atoms with van der Waals surface area (Å²) in [6.45, 7) is 0.109. The average Bonchev–Trinajstić information content (AvgIpc) is 2.98. The van der Waals surface area contributed by atoms with Crippen molar-refractivity contribution in [3.8, 4) is 0 Å². The molecule has 1 atom stereocenters. The van der Waals surface area contributed by atoms with Crippen LogP contribution in [0.3, 0.4) is 0 Å². The van der Waals surface area contributed by atoms with E-state index < -0.39 is 6.04 Å². The number of rotatable bonds is 9. The van der Waals surface area contributed by atoms with Crippen LogP contribution in [0.25, 0.3) is 0 Å². The van der Waals surface area contributed by atoms with Gasteiger partial charge in [0, 0.05) is 18.7 Å². The lowest BCUT2D eigenvalue weighted by molar-refractivity contribution is -0.133. The number of carbonyl (C=O) groups is 3. The van der Waals surface area contributed by atoms with Crippen molar-refractivity contribution in [1.29, 1.82) is 0 Å². The molecule has 0 bridgehead atoms. The summed E-state index contributed by atoms with van der Waals surface area (Å²) in [6, 6.07) is 17.3. The second-order valence-corrected chi connectivity index (χ2v) is 7.42. The molecule has 3 N–H and O–H groups in total. The number of amides is 3. The van der Waals surface area contributed by atoms with Crippen molar-refractivity contribution >= 4 is 40.7 Å². The zero-order valence-corrected chi connectivity index (χ0v) is 17.7. The lowest BCUT2D eigenvalue weighted by Crippen LogP contribution is -2.49. The summed E-state index contributed by atoms with van der Waals surface area (Å²) in [5.41, 5.74) is 4.11. The van der Waals surface area contributed by atoms with Gasteiger partial charge in [-0.2, -0.15) is 0 Å². The Morgan fingerprint density at radius 1 is 1.00 bits per heavy atom. The SMILES string of the molecule is O=C(CC1C(=O)N(Cc2ccccc2)C(=S)N1NC(=O)CCCO)Nc1ccccc1. The molecule has 0 saturated carbocycles. The largest absolute Gasteiger partial charge is 0.396 e. The topological polar surface area (TPSA) is 102 Å². The molecule has 1 aliphatic rings. The van der Waals surface area contributed by atoms with Crippen LogP contribution in [0.15, 0.2) is 60.7 Å². The van der Waals surface area contributed by atoms with Gasteiger partial charge in [-0.15, -0.1) is 0 Å². The Morgan fingerprint density at radius 3 is 2.29 bits per heavy atom. The number of nitrogens with one attached hydrogen (secondary N) is 2. The molecule has 9 heteroatoms. The van der Waals surface area contributed by atoms with E-state index in [1.165, 1.54) is 9.91 Å². The first kappa shape index (κ1) is 22.4. The Balaban J connectivity index is 1.76. The fourth-order valence-corrected chi connectivity index (χ4v) is 3.53. The number of hydrazine groups is 1. The number of aliphatic hydroxyl groups is 1. The first-order valence-corrected chi connectivity index (χ1v) is 10.3. The van der Waals surface area contributed by atoms with Crippen molar-refractivity contribution in [2.24, 2.45) is 0 Å². The van der Waals surface area contributed by atoms with Crippen molar-refractivity contribution in [2.45, 2.75) is 31.8 Å². The second kappa shape index (κ2) is 10.6. The highest BCUT2D eigenvalue weighted by molar-refractivity contribution is 7.80. The van der Waals surface area contributed by atoms with Gasteiger partial charge in [-0.1, -0.05) is 48.5 Å². The molecule has 3 rings (SSSR count). The molecule has 0 aromatic heterocycles. The van der Waals surface area contributed by atoms with E-state index in [-0.39, 0.29) is 55.2 Å². The maximum atomic E-state index is 13.1. The minimum absolute atomic E-state index is 0.0748. The highest BCUT2D eigenvalue weighted by atomic mass is 32.1. The smallest absolute Gasteiger partial charge is 0.254 e. The van der Waals surface area contributed by atoms with Crippen LogP contribution in [0.2, 0.25) is 0 Å². The number of carbonyl (C=O) groups excluding carboxylic acids is 3. The number of anilines is 1. The van der Waals surface area contributed by atoms with E-state index in [1.54, 1.807) is 24.3 Å². The maximum absolute atomic E-state index is 13.1. The van der Waals surface area contributed by atoms with Crippen LogP contribution >= 0.6 is 12.2 Å². The third-order valence-electron chi connectivity index (χ3n) is 4.73. The Hall–Kier alpha value is -3.30. The molecule has 1 saturated heterocycles. The van der Waals surface area contributed by atoms with Crippen LogP contribution in [-0.2, 0) is 20.9 Å². The van der Waals surface area contributed by atoms with E-state index in [2.05, 4.69) is 10.7 Å². The van der Waals surface area contributed by atoms with Crippen molar-refractivity contribution in [3.05, 3.63) is 66.2 Å². The summed E-state index contributed by atoms with van der Waals surface area (Å²) >= 11 is 5.46. The quantitative estimate of drug-likeness (QED) is 0.514. The monoisotopic (exact) mass is 440 g/mol. The van der Waals surface area contributed by atoms with Gasteiger partial charge in [-0.3, -0.25) is 24.7 Å². The second-order valence-electron chi connectivity index (χ2n) is 7.06. The number of para-hydroxylation sites is 1. The molecule has 2 aromatic rings. The van der Waals surface area contributed by atoms with Gasteiger partial charge in [-0.25, -0.2) is 5.01 Å². The van der Waals surface area contributed by atoms with E-state index in [0.717, 1.165) is 5.56 Å². The van der Waals surface area contributed by atoms with Crippen LogP contribution in [-0.4, -0.2) is 50.5 Å². The van der Waals surface area contributed by atoms with Gasteiger partial charge in [0.25, 0.3) is 5.91 Å². The number of thiocarbonyl (C=S) groups is 1. The number of aliphatic hydroxyl groups excluding tert-OH is 1. The molecule has 1 aliphatic heterocycles. The zero-order chi connectivity index (χ0) is 22.2. The predicted octanol–water partition coefficient (Wildman–Crippen LogP) is 1.82. The van der Waals surface area contributed by atoms with Crippen LogP contribution in [0.4, 0.5) is 5.69 Å². The molecule has 1 heterocycles. The lowest BCUT2D eigenvalue weighted by atomic mass is 10.1. The standard InChI is InChI=1S/C22H24N4O4S/c27-13-7-12-19(28)24-26-18(14-20(29)23-17-10-5-2-6-11-17)21(30)25(22(26)31)15-16-8-3-1-4-9-16/h1-6,8-11,18,27H,7,12-15H2,(H,23,29)(H,24,28). The molecular formula is C22H24N4O4S. The summed E-state index contributed by atoms with van der Waals surface area (Å²) in [5.74, 6) is -1.12. The van der Waals surface area contributed by atoms with Crippen molar-refractivity contribution in [3.63, 3.8) is 0 Å². The summed E-state index contributed by atoms with van der Waals surface area (Å²) in [6.07, 6.45) is 0.179. The first-order chi connectivity index (χ1) is 15.0. The molecule has 1 unspecified atom stereocenters. The molecule has 162 valence electrons. The van der Waals surface area contributed by atoms with Gasteiger partial charge in [-0.05, 0) is 36.3 Å². The fourth-order valence-electron chi connectivity index (χ4n) is 3.20. The van der Waals surface area contributed by atoms with Crippen molar-refractivity contribution in [2.75, 3.05) is 11.9 Å². The molecule has 3 amide bonds. The van der Waals surface area contributed by atoms with Gasteiger partial charge >= 0.3 is 0 Å². The molecule has 0 aliphatic carbocycles. The molecule has 0 spiro atoms. The third kappa shape index (κ3) is 5.87. The van der Waals surface area contributed by atoms with Crippen molar-refractivity contribution in [1.82, 2.24) is 15.3 Å². The van der Waals surface area contributed by atoms with Gasteiger partial charge < -0.3 is 10.4 Å². The molecule has 1 fully saturated rings. The van der Waals surface area contributed by atoms with Gasteiger partial charge in [0.2, 0.25) is 11.8 Å². The van der Waals surface area contributed by atoms with E-state index in [0.29, 0.717) is 5.69 Å². The number of nitrogens with zero attached hydrogens (tertiary/aromatic N) is 2. The minimum Gasteiger partial charge on any atom is -0.396 e. The maximum Gasteiger partial charge on any atom is 0.254 e. The predicted molar refractivity (Wildman–Crippen MR) is 119 cm³/mol. The van der Waals surface area contributed by atoms with Crippen LogP contribution in [0, 0.1) is 0 Å². The van der Waals surface area contributed by atoms with Crippen LogP contribution in [0.1, 0.15) is 24.8 Å².